The zero-order valence-corrected chi connectivity index (χ0v) is 10.8. The first-order chi connectivity index (χ1) is 7.88. The van der Waals surface area contributed by atoms with Crippen LogP contribution in [0.3, 0.4) is 0 Å². The van der Waals surface area contributed by atoms with Gasteiger partial charge in [0.15, 0.2) is 0 Å². The van der Waals surface area contributed by atoms with Crippen LogP contribution in [0.2, 0.25) is 0 Å². The van der Waals surface area contributed by atoms with E-state index >= 15 is 0 Å². The molecule has 0 aliphatic carbocycles. The monoisotopic (exact) mass is 219 g/mol. The third-order valence-corrected chi connectivity index (χ3v) is 3.17. The molecule has 1 heteroatoms. The maximum absolute atomic E-state index is 4.51. The van der Waals surface area contributed by atoms with Gasteiger partial charge in [0.25, 0.3) is 0 Å². The maximum Gasteiger partial charge on any atom is 0.0434 e. The zero-order chi connectivity index (χ0) is 11.6. The molecule has 0 saturated carbocycles. The summed E-state index contributed by atoms with van der Waals surface area (Å²) in [5.74, 6) is 0.688. The second kappa shape index (κ2) is 8.32. The topological polar surface area (TPSA) is 12.9 Å². The Morgan fingerprint density at radius 3 is 2.38 bits per heavy atom. The summed E-state index contributed by atoms with van der Waals surface area (Å²) in [5, 5.41) is 0. The number of aromatic nitrogens is 1. The van der Waals surface area contributed by atoms with Crippen LogP contribution in [0.4, 0.5) is 0 Å². The van der Waals surface area contributed by atoms with Crippen LogP contribution in [-0.2, 0) is 0 Å². The SMILES string of the molecule is CCCCCC(CCCC)c1ccccn1. The van der Waals surface area contributed by atoms with Crippen LogP contribution in [0.25, 0.3) is 0 Å². The van der Waals surface area contributed by atoms with Gasteiger partial charge in [-0.2, -0.15) is 0 Å². The molecule has 1 atom stereocenters. The molecule has 0 saturated heterocycles. The van der Waals surface area contributed by atoms with Crippen LogP contribution in [-0.4, -0.2) is 4.98 Å². The molecule has 0 aliphatic heterocycles. The quantitative estimate of drug-likeness (QED) is 0.565. The molecular weight excluding hydrogens is 194 g/mol. The molecular formula is C15H25N. The van der Waals surface area contributed by atoms with Gasteiger partial charge in [-0.15, -0.1) is 0 Å². The van der Waals surface area contributed by atoms with Crippen molar-refractivity contribution in [3.8, 4) is 0 Å². The summed E-state index contributed by atoms with van der Waals surface area (Å²) in [4.78, 5) is 4.51. The van der Waals surface area contributed by atoms with E-state index < -0.39 is 0 Å². The van der Waals surface area contributed by atoms with Gasteiger partial charge in [-0.3, -0.25) is 4.98 Å². The summed E-state index contributed by atoms with van der Waals surface area (Å²) < 4.78 is 0. The van der Waals surface area contributed by atoms with E-state index in [9.17, 15) is 0 Å². The molecule has 1 rings (SSSR count). The van der Waals surface area contributed by atoms with Crippen molar-refractivity contribution in [2.24, 2.45) is 0 Å². The van der Waals surface area contributed by atoms with Crippen LogP contribution >= 0.6 is 0 Å². The molecule has 0 fully saturated rings. The Morgan fingerprint density at radius 1 is 1.00 bits per heavy atom. The largest absolute Gasteiger partial charge is 0.261 e. The first-order valence-electron chi connectivity index (χ1n) is 6.79. The summed E-state index contributed by atoms with van der Waals surface area (Å²) in [5.41, 5.74) is 1.30. The standard InChI is InChI=1S/C15H25N/c1-3-5-7-11-14(10-6-4-2)15-12-8-9-13-16-15/h8-9,12-14H,3-7,10-11H2,1-2H3. The molecule has 1 nitrogen and oxygen atoms in total. The van der Waals surface area contributed by atoms with Crippen molar-refractivity contribution >= 4 is 0 Å². The lowest BCUT2D eigenvalue weighted by molar-refractivity contribution is 0.506. The van der Waals surface area contributed by atoms with Gasteiger partial charge >= 0.3 is 0 Å². The number of hydrogen-bond donors (Lipinski definition) is 0. The summed E-state index contributed by atoms with van der Waals surface area (Å²) in [6.45, 7) is 4.53. The van der Waals surface area contributed by atoms with Crippen LogP contribution in [0.1, 0.15) is 70.4 Å². The molecule has 0 aromatic carbocycles. The molecule has 0 spiro atoms. The van der Waals surface area contributed by atoms with Crippen molar-refractivity contribution in [1.29, 1.82) is 0 Å². The van der Waals surface area contributed by atoms with E-state index in [1.54, 1.807) is 0 Å². The summed E-state index contributed by atoms with van der Waals surface area (Å²) >= 11 is 0. The van der Waals surface area contributed by atoms with E-state index in [0.717, 1.165) is 0 Å². The molecule has 1 unspecified atom stereocenters. The van der Waals surface area contributed by atoms with Gasteiger partial charge in [-0.1, -0.05) is 52.0 Å². The minimum absolute atomic E-state index is 0.688. The van der Waals surface area contributed by atoms with Gasteiger partial charge < -0.3 is 0 Å². The first-order valence-corrected chi connectivity index (χ1v) is 6.79. The molecule has 16 heavy (non-hydrogen) atoms. The molecule has 0 aliphatic rings. The molecule has 1 aromatic rings. The van der Waals surface area contributed by atoms with E-state index in [1.807, 2.05) is 12.3 Å². The van der Waals surface area contributed by atoms with Crippen LogP contribution < -0.4 is 0 Å². The van der Waals surface area contributed by atoms with Crippen molar-refractivity contribution in [2.75, 3.05) is 0 Å². The van der Waals surface area contributed by atoms with Gasteiger partial charge in [0.1, 0.15) is 0 Å². The molecule has 0 N–H and O–H groups in total. The highest BCUT2D eigenvalue weighted by atomic mass is 14.7. The van der Waals surface area contributed by atoms with Crippen LogP contribution in [0.5, 0.6) is 0 Å². The molecule has 0 radical (unpaired) electrons. The predicted molar refractivity (Wildman–Crippen MR) is 70.6 cm³/mol. The average molecular weight is 219 g/mol. The Balaban J connectivity index is 2.49. The van der Waals surface area contributed by atoms with Crippen molar-refractivity contribution < 1.29 is 0 Å². The Morgan fingerprint density at radius 2 is 1.75 bits per heavy atom. The second-order valence-electron chi connectivity index (χ2n) is 4.59. The first kappa shape index (κ1) is 13.2. The predicted octanol–water partition coefficient (Wildman–Crippen LogP) is 4.94. The van der Waals surface area contributed by atoms with Crippen molar-refractivity contribution in [3.05, 3.63) is 30.1 Å². The Kier molecular flexibility index (Phi) is 6.87. The summed E-state index contributed by atoms with van der Waals surface area (Å²) in [7, 11) is 0. The van der Waals surface area contributed by atoms with Gasteiger partial charge in [0.05, 0.1) is 0 Å². The number of nitrogens with zero attached hydrogens (tertiary/aromatic N) is 1. The van der Waals surface area contributed by atoms with Crippen molar-refractivity contribution in [1.82, 2.24) is 4.98 Å². The number of unbranched alkanes of at least 4 members (excludes halogenated alkanes) is 3. The highest BCUT2D eigenvalue weighted by Crippen LogP contribution is 2.26. The zero-order valence-electron chi connectivity index (χ0n) is 10.8. The number of pyridine rings is 1. The third kappa shape index (κ3) is 4.78. The second-order valence-corrected chi connectivity index (χ2v) is 4.59. The van der Waals surface area contributed by atoms with Crippen LogP contribution in [0, 0.1) is 0 Å². The third-order valence-electron chi connectivity index (χ3n) is 3.17. The van der Waals surface area contributed by atoms with Crippen molar-refractivity contribution in [3.63, 3.8) is 0 Å². The molecule has 0 amide bonds. The Bertz CT molecular complexity index is 255. The molecule has 1 aromatic heterocycles. The van der Waals surface area contributed by atoms with Crippen LogP contribution in [0.15, 0.2) is 24.4 Å². The smallest absolute Gasteiger partial charge is 0.0434 e. The van der Waals surface area contributed by atoms with E-state index in [2.05, 4.69) is 31.0 Å². The highest BCUT2D eigenvalue weighted by Gasteiger charge is 2.11. The summed E-state index contributed by atoms with van der Waals surface area (Å²) in [6, 6.07) is 6.31. The minimum Gasteiger partial charge on any atom is -0.261 e. The number of rotatable bonds is 8. The van der Waals surface area contributed by atoms with E-state index in [1.165, 1.54) is 50.6 Å². The van der Waals surface area contributed by atoms with E-state index in [-0.39, 0.29) is 0 Å². The lowest BCUT2D eigenvalue weighted by atomic mass is 9.92. The van der Waals surface area contributed by atoms with Gasteiger partial charge in [0.2, 0.25) is 0 Å². The number of hydrogen-bond acceptors (Lipinski definition) is 1. The van der Waals surface area contributed by atoms with E-state index in [4.69, 9.17) is 0 Å². The van der Waals surface area contributed by atoms with Crippen molar-refractivity contribution in [2.45, 2.75) is 64.7 Å². The lowest BCUT2D eigenvalue weighted by Gasteiger charge is -2.15. The summed E-state index contributed by atoms with van der Waals surface area (Å²) in [6.07, 6.45) is 11.2. The average Bonchev–Trinajstić information content (AvgIpc) is 2.35. The molecule has 90 valence electrons. The normalized spacial score (nSPS) is 12.6. The van der Waals surface area contributed by atoms with Gasteiger partial charge in [-0.25, -0.2) is 0 Å². The van der Waals surface area contributed by atoms with Gasteiger partial charge in [-0.05, 0) is 25.0 Å². The van der Waals surface area contributed by atoms with E-state index in [0.29, 0.717) is 5.92 Å². The fourth-order valence-corrected chi connectivity index (χ4v) is 2.15. The van der Waals surface area contributed by atoms with Gasteiger partial charge in [0, 0.05) is 17.8 Å². The maximum atomic E-state index is 4.51. The fraction of sp³-hybridized carbons (Fsp3) is 0.667. The molecule has 1 heterocycles. The Labute approximate surface area is 100 Å². The Hall–Kier alpha value is -0.850. The fourth-order valence-electron chi connectivity index (χ4n) is 2.15. The highest BCUT2D eigenvalue weighted by molar-refractivity contribution is 5.09. The minimum atomic E-state index is 0.688. The lowest BCUT2D eigenvalue weighted by Crippen LogP contribution is -2.01. The molecule has 0 bridgehead atoms.